The van der Waals surface area contributed by atoms with Crippen LogP contribution in [0.15, 0.2) is 78.2 Å². The molecule has 0 unspecified atom stereocenters. The van der Waals surface area contributed by atoms with E-state index < -0.39 is 0 Å². The fraction of sp³-hybridized carbons (Fsp3) is 0.0476. The number of carbonyl (C=O) groups excluding carboxylic acids is 2. The number of hydrogen-bond acceptors (Lipinski definition) is 3. The predicted octanol–water partition coefficient (Wildman–Crippen LogP) is 3.93. The Bertz CT molecular complexity index is 1020. The Kier molecular flexibility index (Phi) is 6.53. The van der Waals surface area contributed by atoms with Crippen LogP contribution in [0.3, 0.4) is 0 Å². The first-order valence-corrected chi connectivity index (χ1v) is 9.14. The van der Waals surface area contributed by atoms with Gasteiger partial charge in [-0.05, 0) is 12.1 Å². The first-order valence-electron chi connectivity index (χ1n) is 8.39. The van der Waals surface area contributed by atoms with Crippen LogP contribution in [0.4, 0.5) is 0 Å². The van der Waals surface area contributed by atoms with Gasteiger partial charge in [-0.2, -0.15) is 9.67 Å². The number of carbonyl (C=O) groups is 2. The van der Waals surface area contributed by atoms with E-state index in [1.165, 1.54) is 6.21 Å². The predicted molar refractivity (Wildman–Crippen MR) is 109 cm³/mol. The summed E-state index contributed by atoms with van der Waals surface area (Å²) in [6, 6.07) is 17.3. The molecule has 1 amide bonds. The maximum Gasteiger partial charge on any atom is 0.271 e. The highest BCUT2D eigenvalue weighted by atomic mass is 35.5. The molecule has 0 aliphatic carbocycles. The van der Waals surface area contributed by atoms with E-state index in [0.29, 0.717) is 26.7 Å². The standard InChI is InChI=1S/C21H15Cl2N3O2/c22-18-7-6-17(19(23)12-18)13-24-25-21(28)16-8-10-26(11-9-16)14-20(27)15-4-2-1-3-5-15/h1-13H,14H2/p+1. The normalized spacial score (nSPS) is 10.8. The lowest BCUT2D eigenvalue weighted by Crippen LogP contribution is -2.37. The fourth-order valence-electron chi connectivity index (χ4n) is 2.43. The number of nitrogens with one attached hydrogen (secondary N) is 1. The number of ketones is 1. The smallest absolute Gasteiger partial charge is 0.271 e. The molecule has 0 fully saturated rings. The van der Waals surface area contributed by atoms with Gasteiger partial charge in [0.25, 0.3) is 5.91 Å². The molecule has 28 heavy (non-hydrogen) atoms. The number of Topliss-reactive ketones (excluding diaryl/α,β-unsaturated/α-hetero) is 1. The Morgan fingerprint density at radius 2 is 1.68 bits per heavy atom. The number of hydrogen-bond donors (Lipinski definition) is 1. The maximum absolute atomic E-state index is 12.2. The molecule has 140 valence electrons. The summed E-state index contributed by atoms with van der Waals surface area (Å²) in [6.07, 6.45) is 4.79. The van der Waals surface area contributed by atoms with E-state index in [-0.39, 0.29) is 18.2 Å². The third kappa shape index (κ3) is 5.25. The molecular formula is C21H16Cl2N3O2+. The molecule has 7 heteroatoms. The zero-order valence-corrected chi connectivity index (χ0v) is 16.2. The van der Waals surface area contributed by atoms with Crippen LogP contribution in [0.1, 0.15) is 26.3 Å². The van der Waals surface area contributed by atoms with Crippen LogP contribution in [0.25, 0.3) is 0 Å². The highest BCUT2D eigenvalue weighted by Crippen LogP contribution is 2.19. The molecule has 1 N–H and O–H groups in total. The van der Waals surface area contributed by atoms with E-state index in [1.54, 1.807) is 59.4 Å². The van der Waals surface area contributed by atoms with E-state index in [4.69, 9.17) is 23.2 Å². The van der Waals surface area contributed by atoms with Gasteiger partial charge in [0.15, 0.2) is 12.4 Å². The lowest BCUT2D eigenvalue weighted by Gasteiger charge is -2.01. The molecule has 1 heterocycles. The molecule has 5 nitrogen and oxygen atoms in total. The first-order chi connectivity index (χ1) is 13.5. The number of rotatable bonds is 6. The maximum atomic E-state index is 12.2. The van der Waals surface area contributed by atoms with Crippen molar-refractivity contribution >= 4 is 41.1 Å². The van der Waals surface area contributed by atoms with Crippen molar-refractivity contribution in [3.8, 4) is 0 Å². The van der Waals surface area contributed by atoms with Crippen LogP contribution in [0.2, 0.25) is 10.0 Å². The third-order valence-corrected chi connectivity index (χ3v) is 4.47. The number of nitrogens with zero attached hydrogens (tertiary/aromatic N) is 2. The zero-order chi connectivity index (χ0) is 19.9. The SMILES string of the molecule is O=C(C[n+]1ccc(C(=O)N/N=C/c2ccc(Cl)cc2Cl)cc1)c1ccccc1. The molecule has 0 saturated carbocycles. The number of pyridine rings is 1. The monoisotopic (exact) mass is 412 g/mol. The molecule has 0 aliphatic heterocycles. The quantitative estimate of drug-likeness (QED) is 0.288. The summed E-state index contributed by atoms with van der Waals surface area (Å²) >= 11 is 11.9. The van der Waals surface area contributed by atoms with Crippen LogP contribution < -0.4 is 9.99 Å². The van der Waals surface area contributed by atoms with Gasteiger partial charge in [-0.15, -0.1) is 0 Å². The molecule has 1 aromatic heterocycles. The van der Waals surface area contributed by atoms with Gasteiger partial charge < -0.3 is 0 Å². The number of amides is 1. The number of halogens is 2. The zero-order valence-electron chi connectivity index (χ0n) is 14.7. The van der Waals surface area contributed by atoms with Gasteiger partial charge in [0.05, 0.1) is 16.8 Å². The molecule has 3 rings (SSSR count). The van der Waals surface area contributed by atoms with Gasteiger partial charge in [-0.1, -0.05) is 59.6 Å². The van der Waals surface area contributed by atoms with E-state index in [1.807, 2.05) is 18.2 Å². The molecule has 0 saturated heterocycles. The van der Waals surface area contributed by atoms with Crippen molar-refractivity contribution in [1.82, 2.24) is 5.43 Å². The van der Waals surface area contributed by atoms with E-state index in [2.05, 4.69) is 10.5 Å². The minimum Gasteiger partial charge on any atom is -0.287 e. The summed E-state index contributed by atoms with van der Waals surface area (Å²) in [7, 11) is 0. The highest BCUT2D eigenvalue weighted by Gasteiger charge is 2.13. The average molecular weight is 413 g/mol. The lowest BCUT2D eigenvalue weighted by molar-refractivity contribution is -0.683. The van der Waals surface area contributed by atoms with E-state index >= 15 is 0 Å². The van der Waals surface area contributed by atoms with Crippen LogP contribution in [0, 0.1) is 0 Å². The van der Waals surface area contributed by atoms with Crippen LogP contribution in [0.5, 0.6) is 0 Å². The summed E-state index contributed by atoms with van der Waals surface area (Å²) in [5, 5.41) is 4.87. The van der Waals surface area contributed by atoms with Gasteiger partial charge in [0.1, 0.15) is 0 Å². The van der Waals surface area contributed by atoms with Crippen LogP contribution in [-0.4, -0.2) is 17.9 Å². The second-order valence-corrected chi connectivity index (χ2v) is 6.76. The molecule has 3 aromatic rings. The molecule has 2 aromatic carbocycles. The van der Waals surface area contributed by atoms with Gasteiger partial charge in [0.2, 0.25) is 12.3 Å². The second-order valence-electron chi connectivity index (χ2n) is 5.91. The average Bonchev–Trinajstić information content (AvgIpc) is 2.70. The molecule has 0 aliphatic rings. The number of hydrazone groups is 1. The molecule has 0 atom stereocenters. The van der Waals surface area contributed by atoms with E-state index in [9.17, 15) is 9.59 Å². The minimum atomic E-state index is -0.372. The molecule has 0 bridgehead atoms. The Hall–Kier alpha value is -3.02. The van der Waals surface area contributed by atoms with Crippen molar-refractivity contribution in [2.45, 2.75) is 6.54 Å². The Labute approximate surface area is 172 Å². The lowest BCUT2D eigenvalue weighted by atomic mass is 10.1. The fourth-order valence-corrected chi connectivity index (χ4v) is 2.88. The minimum absolute atomic E-state index is 0.00718. The second kappa shape index (κ2) is 9.26. The number of aromatic nitrogens is 1. The first kappa shape index (κ1) is 19.7. The Balaban J connectivity index is 1.59. The molecular weight excluding hydrogens is 397 g/mol. The van der Waals surface area contributed by atoms with Gasteiger partial charge in [-0.3, -0.25) is 9.59 Å². The Morgan fingerprint density at radius 1 is 0.964 bits per heavy atom. The van der Waals surface area contributed by atoms with Crippen molar-refractivity contribution in [3.63, 3.8) is 0 Å². The highest BCUT2D eigenvalue weighted by molar-refractivity contribution is 6.36. The largest absolute Gasteiger partial charge is 0.287 e. The molecule has 0 radical (unpaired) electrons. The Morgan fingerprint density at radius 3 is 2.36 bits per heavy atom. The van der Waals surface area contributed by atoms with Crippen molar-refractivity contribution in [3.05, 3.63) is 99.8 Å². The van der Waals surface area contributed by atoms with Gasteiger partial charge >= 0.3 is 0 Å². The summed E-state index contributed by atoms with van der Waals surface area (Å²) in [5.74, 6) is -0.380. The summed E-state index contributed by atoms with van der Waals surface area (Å²) in [6.45, 7) is 0.194. The van der Waals surface area contributed by atoms with Gasteiger partial charge in [-0.25, -0.2) is 5.43 Å². The van der Waals surface area contributed by atoms with E-state index in [0.717, 1.165) is 0 Å². The van der Waals surface area contributed by atoms with Crippen molar-refractivity contribution < 1.29 is 14.2 Å². The number of benzene rings is 2. The van der Waals surface area contributed by atoms with Crippen LogP contribution in [-0.2, 0) is 6.54 Å². The van der Waals surface area contributed by atoms with Crippen molar-refractivity contribution in [2.24, 2.45) is 5.10 Å². The third-order valence-electron chi connectivity index (χ3n) is 3.91. The summed E-state index contributed by atoms with van der Waals surface area (Å²) in [5.41, 5.74) is 4.14. The summed E-state index contributed by atoms with van der Waals surface area (Å²) in [4.78, 5) is 24.4. The van der Waals surface area contributed by atoms with Crippen molar-refractivity contribution in [2.75, 3.05) is 0 Å². The summed E-state index contributed by atoms with van der Waals surface area (Å²) < 4.78 is 1.71. The van der Waals surface area contributed by atoms with Gasteiger partial charge in [0, 0.05) is 28.3 Å². The van der Waals surface area contributed by atoms with Crippen molar-refractivity contribution in [1.29, 1.82) is 0 Å². The van der Waals surface area contributed by atoms with Crippen LogP contribution >= 0.6 is 23.2 Å². The topological polar surface area (TPSA) is 62.4 Å². The molecule has 0 spiro atoms.